The number of benzene rings is 4. The second kappa shape index (κ2) is 21.8. The van der Waals surface area contributed by atoms with Crippen LogP contribution in [-0.4, -0.2) is 0 Å². The van der Waals surface area contributed by atoms with E-state index in [4.69, 9.17) is 0 Å². The van der Waals surface area contributed by atoms with Gasteiger partial charge in [-0.3, -0.25) is 0 Å². The third kappa shape index (κ3) is 7.01. The summed E-state index contributed by atoms with van der Waals surface area (Å²) in [4.78, 5) is 0. The van der Waals surface area contributed by atoms with Crippen molar-refractivity contribution in [2.45, 2.75) is 136 Å². The summed E-state index contributed by atoms with van der Waals surface area (Å²) in [5.41, 5.74) is 10.9. The third-order valence-corrected chi connectivity index (χ3v) is 11.8. The van der Waals surface area contributed by atoms with Crippen LogP contribution in [0.2, 0.25) is 0 Å². The van der Waals surface area contributed by atoms with E-state index in [0.29, 0.717) is 0 Å². The summed E-state index contributed by atoms with van der Waals surface area (Å²) in [6, 6.07) is 31.1. The van der Waals surface area contributed by atoms with Crippen LogP contribution < -0.4 is 0 Å². The van der Waals surface area contributed by atoms with E-state index in [2.05, 4.69) is 121 Å². The molecule has 0 saturated heterocycles. The van der Waals surface area contributed by atoms with Gasteiger partial charge in [-0.2, -0.15) is 0 Å². The zero-order chi connectivity index (χ0) is 46.8. The van der Waals surface area contributed by atoms with E-state index in [0.717, 1.165) is 25.7 Å². The summed E-state index contributed by atoms with van der Waals surface area (Å²) in [6.45, 7) is 32.0. The largest absolute Gasteiger partial charge is 0.0930 e. The zero-order valence-electron chi connectivity index (χ0n) is 41.8. The van der Waals surface area contributed by atoms with Gasteiger partial charge in [0.25, 0.3) is 0 Å². The first-order chi connectivity index (χ1) is 31.9. The molecule has 0 unspecified atom stereocenters. The van der Waals surface area contributed by atoms with Crippen molar-refractivity contribution in [1.82, 2.24) is 0 Å². The molecule has 0 aliphatic heterocycles. The lowest BCUT2D eigenvalue weighted by molar-refractivity contribution is 1.37. The van der Waals surface area contributed by atoms with E-state index in [9.17, 15) is 0 Å². The van der Waals surface area contributed by atoms with E-state index in [1.165, 1.54) is 131 Å². The van der Waals surface area contributed by atoms with Crippen LogP contribution in [-0.2, 0) is 25.7 Å². The second-order valence-corrected chi connectivity index (χ2v) is 13.8. The van der Waals surface area contributed by atoms with Crippen molar-refractivity contribution in [3.8, 4) is 23.7 Å². The second-order valence-electron chi connectivity index (χ2n) is 13.8. The minimum absolute atomic E-state index is 0.860. The maximum absolute atomic E-state index is 3.36. The van der Waals surface area contributed by atoms with Gasteiger partial charge in [-0.05, 0) is 112 Å². The summed E-state index contributed by atoms with van der Waals surface area (Å²) in [6.07, 6.45) is 13.0. The Balaban J connectivity index is 0.000000185. The van der Waals surface area contributed by atoms with E-state index in [1.807, 2.05) is 111 Å². The van der Waals surface area contributed by atoms with Crippen LogP contribution >= 0.6 is 0 Å². The van der Waals surface area contributed by atoms with Crippen molar-refractivity contribution in [1.29, 1.82) is 0 Å². The van der Waals surface area contributed by atoms with Gasteiger partial charge in [0.05, 0.1) is 0 Å². The molecule has 64 heavy (non-hydrogen) atoms. The Morgan fingerprint density at radius 1 is 0.359 bits per heavy atom. The predicted molar refractivity (Wildman–Crippen MR) is 290 cm³/mol. The number of fused-ring (bicyclic) bond motifs is 16. The molecular formula is C64H68. The molecular weight excluding hydrogens is 769 g/mol. The average Bonchev–Trinajstić information content (AvgIpc) is 4.26. The highest BCUT2D eigenvalue weighted by atomic mass is 14.3. The van der Waals surface area contributed by atoms with Gasteiger partial charge >= 0.3 is 0 Å². The molecule has 324 valence electrons. The van der Waals surface area contributed by atoms with Crippen molar-refractivity contribution >= 4 is 98.3 Å². The Labute approximate surface area is 386 Å². The number of hydrogen-bond donors (Lipinski definition) is 0. The molecule has 0 saturated carbocycles. The van der Waals surface area contributed by atoms with Gasteiger partial charge < -0.3 is 0 Å². The van der Waals surface area contributed by atoms with Crippen molar-refractivity contribution in [2.24, 2.45) is 0 Å². The van der Waals surface area contributed by atoms with Crippen molar-refractivity contribution in [3.05, 3.63) is 129 Å². The molecule has 0 heterocycles. The van der Waals surface area contributed by atoms with Gasteiger partial charge in [-0.25, -0.2) is 0 Å². The van der Waals surface area contributed by atoms with Crippen molar-refractivity contribution < 1.29 is 0 Å². The van der Waals surface area contributed by atoms with Crippen molar-refractivity contribution in [3.63, 3.8) is 0 Å². The van der Waals surface area contributed by atoms with Crippen LogP contribution in [0.3, 0.4) is 0 Å². The van der Waals surface area contributed by atoms with Crippen LogP contribution in [0.5, 0.6) is 0 Å². The molecule has 0 amide bonds. The number of allylic oxidation sites excluding steroid dienone is 2. The SMILES string of the molecule is C1#Cc2c(c3c4cccc5c6c(c(c7cc#cc2c73)c54)CC=C6)C1.C1#Cc2c(c3c4cccc5c6c(c(c7cc#cc2c73)c54)CC=C6)C1.CC.CC.CC.CC.CC.CC.CC.CC. The van der Waals surface area contributed by atoms with Crippen molar-refractivity contribution in [2.75, 3.05) is 0 Å². The van der Waals surface area contributed by atoms with Crippen LogP contribution in [0.4, 0.5) is 0 Å². The Morgan fingerprint density at radius 3 is 1.08 bits per heavy atom. The molecule has 10 aromatic carbocycles. The Hall–Kier alpha value is -6.44. The first-order valence-corrected chi connectivity index (χ1v) is 24.8. The minimum atomic E-state index is 0.860. The lowest BCUT2D eigenvalue weighted by atomic mass is 9.94. The minimum Gasteiger partial charge on any atom is -0.0930 e. The van der Waals surface area contributed by atoms with Gasteiger partial charge in [0, 0.05) is 56.3 Å². The Kier molecular flexibility index (Phi) is 16.5. The molecule has 14 rings (SSSR count). The Morgan fingerprint density at radius 2 is 0.703 bits per heavy atom. The van der Waals surface area contributed by atoms with Gasteiger partial charge in [-0.15, -0.1) is 0 Å². The first-order valence-electron chi connectivity index (χ1n) is 24.8. The smallest absolute Gasteiger partial charge is 0.0494 e. The molecule has 0 spiro atoms. The van der Waals surface area contributed by atoms with Crippen LogP contribution in [0.15, 0.2) is 60.7 Å². The summed E-state index contributed by atoms with van der Waals surface area (Å²) in [5.74, 6) is 13.2. The monoisotopic (exact) mass is 837 g/mol. The van der Waals surface area contributed by atoms with E-state index in [-0.39, 0.29) is 0 Å². The highest BCUT2D eigenvalue weighted by Crippen LogP contribution is 2.51. The molecule has 0 N–H and O–H groups in total. The lowest BCUT2D eigenvalue weighted by Crippen LogP contribution is -1.83. The van der Waals surface area contributed by atoms with E-state index < -0.39 is 0 Å². The highest BCUT2D eigenvalue weighted by molar-refractivity contribution is 6.39. The molecule has 0 radical (unpaired) electrons. The Bertz CT molecular complexity index is 3090. The summed E-state index contributed by atoms with van der Waals surface area (Å²) in [7, 11) is 0. The third-order valence-electron chi connectivity index (χ3n) is 11.8. The van der Waals surface area contributed by atoms with E-state index >= 15 is 0 Å². The summed E-state index contributed by atoms with van der Waals surface area (Å²) in [5, 5.41) is 21.8. The van der Waals surface area contributed by atoms with E-state index in [1.54, 1.807) is 0 Å². The van der Waals surface area contributed by atoms with Crippen LogP contribution in [0.25, 0.3) is 98.3 Å². The summed E-state index contributed by atoms with van der Waals surface area (Å²) < 4.78 is 0. The maximum Gasteiger partial charge on any atom is 0.0494 e. The van der Waals surface area contributed by atoms with Gasteiger partial charge in [0.2, 0.25) is 0 Å². The topological polar surface area (TPSA) is 0 Å². The van der Waals surface area contributed by atoms with Crippen LogP contribution in [0, 0.1) is 47.9 Å². The first kappa shape index (κ1) is 48.6. The molecule has 0 nitrogen and oxygen atoms in total. The van der Waals surface area contributed by atoms with Gasteiger partial charge in [0.15, 0.2) is 0 Å². The van der Waals surface area contributed by atoms with Crippen LogP contribution in [0.1, 0.15) is 155 Å². The average molecular weight is 837 g/mol. The molecule has 0 bridgehead atoms. The fourth-order valence-electron chi connectivity index (χ4n) is 10.1. The highest BCUT2D eigenvalue weighted by Gasteiger charge is 2.28. The standard InChI is InChI=1S/2C24H10.8C2H6/c2*1-5-13-15(7-1)21-19-11-4-10-18-14-6-2-8-16(14)22(24(18)19)20-12-3-9-17(13)23(20)21;8*1-2/h2*1,3,5,9,11-12H,7-8H2;8*1-2H3. The molecule has 4 aliphatic carbocycles. The predicted octanol–water partition coefficient (Wildman–Crippen LogP) is 18.7. The normalized spacial score (nSPS) is 11.8. The molecule has 0 heteroatoms. The molecule has 10 aromatic rings. The molecule has 0 atom stereocenters. The van der Waals surface area contributed by atoms with Gasteiger partial charge in [0.1, 0.15) is 0 Å². The summed E-state index contributed by atoms with van der Waals surface area (Å²) >= 11 is 0. The quantitative estimate of drug-likeness (QED) is 0.134. The maximum atomic E-state index is 3.36. The molecule has 0 aromatic heterocycles. The zero-order valence-corrected chi connectivity index (χ0v) is 41.8. The van der Waals surface area contributed by atoms with Gasteiger partial charge in [-0.1, -0.05) is 219 Å². The molecule has 4 aliphatic rings. The number of rotatable bonds is 0. The lowest BCUT2D eigenvalue weighted by Gasteiger charge is -2.08. The fraction of sp³-hybridized carbons (Fsp3) is 0.312. The number of hydrogen-bond acceptors (Lipinski definition) is 0. The fourth-order valence-corrected chi connectivity index (χ4v) is 10.1. The molecule has 0 fully saturated rings.